The summed E-state index contributed by atoms with van der Waals surface area (Å²) in [5.41, 5.74) is 1.66. The highest BCUT2D eigenvalue weighted by atomic mass is 16.5. The van der Waals surface area contributed by atoms with E-state index in [-0.39, 0.29) is 11.8 Å². The van der Waals surface area contributed by atoms with Crippen LogP contribution in [-0.2, 0) is 4.79 Å². The van der Waals surface area contributed by atoms with Gasteiger partial charge in [-0.2, -0.15) is 0 Å². The van der Waals surface area contributed by atoms with Crippen LogP contribution >= 0.6 is 0 Å². The second-order valence-electron chi connectivity index (χ2n) is 4.58. The van der Waals surface area contributed by atoms with Crippen molar-refractivity contribution in [1.29, 1.82) is 0 Å². The van der Waals surface area contributed by atoms with Crippen LogP contribution in [0.15, 0.2) is 12.1 Å². The number of methoxy groups -OCH3 is 1. The van der Waals surface area contributed by atoms with E-state index in [4.69, 9.17) is 9.84 Å². The molecule has 0 saturated carbocycles. The number of aromatic hydroxyl groups is 1. The predicted octanol–water partition coefficient (Wildman–Crippen LogP) is 1.44. The summed E-state index contributed by atoms with van der Waals surface area (Å²) in [6, 6.07) is 3.43. The maximum absolute atomic E-state index is 10.9. The molecule has 0 aromatic heterocycles. The molecule has 0 bridgehead atoms. The first-order valence-electron chi connectivity index (χ1n) is 5.87. The highest BCUT2D eigenvalue weighted by Gasteiger charge is 2.32. The minimum Gasteiger partial charge on any atom is -0.504 e. The Morgan fingerprint density at radius 2 is 2.22 bits per heavy atom. The van der Waals surface area contributed by atoms with Crippen LogP contribution in [0.1, 0.15) is 23.6 Å². The van der Waals surface area contributed by atoms with Crippen molar-refractivity contribution in [3.05, 3.63) is 23.3 Å². The van der Waals surface area contributed by atoms with Crippen molar-refractivity contribution in [1.82, 2.24) is 5.32 Å². The molecule has 0 spiro atoms. The van der Waals surface area contributed by atoms with E-state index in [1.165, 1.54) is 7.11 Å². The van der Waals surface area contributed by atoms with Gasteiger partial charge in [0.05, 0.1) is 13.0 Å². The quantitative estimate of drug-likeness (QED) is 0.757. The molecular formula is C13H17NO4. The molecule has 98 valence electrons. The third-order valence-electron chi connectivity index (χ3n) is 3.45. The van der Waals surface area contributed by atoms with E-state index in [9.17, 15) is 9.90 Å². The molecule has 1 aliphatic heterocycles. The van der Waals surface area contributed by atoms with Gasteiger partial charge in [0.1, 0.15) is 0 Å². The summed E-state index contributed by atoms with van der Waals surface area (Å²) >= 11 is 0. The van der Waals surface area contributed by atoms with E-state index in [0.717, 1.165) is 11.1 Å². The Morgan fingerprint density at radius 1 is 1.50 bits per heavy atom. The standard InChI is InChI=1S/C13H17NO4/c1-7-3-4-10(18-2)12(15)11(7)9-5-8(6-14-9)13(16)17/h3-4,8-9,14-15H,5-6H2,1-2H3,(H,16,17). The number of phenols is 1. The van der Waals surface area contributed by atoms with Gasteiger partial charge < -0.3 is 20.3 Å². The number of hydrogen-bond donors (Lipinski definition) is 3. The fourth-order valence-corrected chi connectivity index (χ4v) is 2.44. The lowest BCUT2D eigenvalue weighted by molar-refractivity contribution is -0.141. The SMILES string of the molecule is COc1ccc(C)c(C2CC(C(=O)O)CN2)c1O. The Morgan fingerprint density at radius 3 is 2.78 bits per heavy atom. The molecule has 1 aromatic carbocycles. The van der Waals surface area contributed by atoms with Gasteiger partial charge in [0.25, 0.3) is 0 Å². The van der Waals surface area contributed by atoms with Crippen molar-refractivity contribution in [2.45, 2.75) is 19.4 Å². The number of hydrogen-bond acceptors (Lipinski definition) is 4. The third-order valence-corrected chi connectivity index (χ3v) is 3.45. The van der Waals surface area contributed by atoms with Crippen LogP contribution in [-0.4, -0.2) is 29.8 Å². The van der Waals surface area contributed by atoms with Crippen LogP contribution in [0.5, 0.6) is 11.5 Å². The molecule has 1 saturated heterocycles. The summed E-state index contributed by atoms with van der Waals surface area (Å²) in [6.45, 7) is 2.32. The largest absolute Gasteiger partial charge is 0.504 e. The monoisotopic (exact) mass is 251 g/mol. The van der Waals surface area contributed by atoms with Gasteiger partial charge in [0.15, 0.2) is 11.5 Å². The first-order chi connectivity index (χ1) is 8.54. The number of phenolic OH excluding ortho intramolecular Hbond substituents is 1. The number of carbonyl (C=O) groups is 1. The number of ether oxygens (including phenoxy) is 1. The number of carboxylic acids is 1. The molecule has 0 radical (unpaired) electrons. The summed E-state index contributed by atoms with van der Waals surface area (Å²) in [7, 11) is 1.50. The Labute approximate surface area is 105 Å². The molecule has 2 unspecified atom stereocenters. The van der Waals surface area contributed by atoms with Gasteiger partial charge in [-0.25, -0.2) is 0 Å². The van der Waals surface area contributed by atoms with E-state index in [1.807, 2.05) is 13.0 Å². The number of aryl methyl sites for hydroxylation is 1. The summed E-state index contributed by atoms with van der Waals surface area (Å²) < 4.78 is 5.08. The maximum atomic E-state index is 10.9. The van der Waals surface area contributed by atoms with E-state index in [1.54, 1.807) is 6.07 Å². The topological polar surface area (TPSA) is 78.8 Å². The van der Waals surface area contributed by atoms with Gasteiger partial charge in [0.2, 0.25) is 0 Å². The van der Waals surface area contributed by atoms with Crippen molar-refractivity contribution in [3.8, 4) is 11.5 Å². The lowest BCUT2D eigenvalue weighted by Gasteiger charge is -2.17. The first kappa shape index (κ1) is 12.7. The van der Waals surface area contributed by atoms with E-state index in [2.05, 4.69) is 5.32 Å². The fourth-order valence-electron chi connectivity index (χ4n) is 2.44. The molecule has 5 heteroatoms. The summed E-state index contributed by atoms with van der Waals surface area (Å²) in [5.74, 6) is -0.692. The molecule has 1 heterocycles. The Balaban J connectivity index is 2.32. The Kier molecular flexibility index (Phi) is 3.43. The van der Waals surface area contributed by atoms with Crippen molar-refractivity contribution < 1.29 is 19.7 Å². The average molecular weight is 251 g/mol. The van der Waals surface area contributed by atoms with Crippen LogP contribution in [0.25, 0.3) is 0 Å². The lowest BCUT2D eigenvalue weighted by atomic mass is 9.95. The van der Waals surface area contributed by atoms with Crippen LogP contribution in [0.3, 0.4) is 0 Å². The molecule has 0 amide bonds. The number of benzene rings is 1. The summed E-state index contributed by atoms with van der Waals surface area (Å²) in [5, 5.41) is 22.3. The minimum absolute atomic E-state index is 0.0982. The van der Waals surface area contributed by atoms with Gasteiger partial charge >= 0.3 is 5.97 Å². The van der Waals surface area contributed by atoms with Gasteiger partial charge in [-0.1, -0.05) is 6.07 Å². The van der Waals surface area contributed by atoms with Gasteiger partial charge in [-0.05, 0) is 25.0 Å². The zero-order valence-corrected chi connectivity index (χ0v) is 10.4. The summed E-state index contributed by atoms with van der Waals surface area (Å²) in [6.07, 6.45) is 0.483. The van der Waals surface area contributed by atoms with Crippen molar-refractivity contribution in [2.24, 2.45) is 5.92 Å². The maximum Gasteiger partial charge on any atom is 0.307 e. The molecule has 5 nitrogen and oxygen atoms in total. The predicted molar refractivity (Wildman–Crippen MR) is 65.9 cm³/mol. The van der Waals surface area contributed by atoms with E-state index < -0.39 is 11.9 Å². The molecule has 1 aliphatic rings. The highest BCUT2D eigenvalue weighted by molar-refractivity contribution is 5.71. The fraction of sp³-hybridized carbons (Fsp3) is 0.462. The molecule has 1 aromatic rings. The van der Waals surface area contributed by atoms with Crippen LogP contribution in [0, 0.1) is 12.8 Å². The summed E-state index contributed by atoms with van der Waals surface area (Å²) in [4.78, 5) is 10.9. The smallest absolute Gasteiger partial charge is 0.307 e. The number of nitrogens with one attached hydrogen (secondary N) is 1. The molecular weight excluding hydrogens is 234 g/mol. The lowest BCUT2D eigenvalue weighted by Crippen LogP contribution is -2.17. The number of aliphatic carboxylic acids is 1. The zero-order chi connectivity index (χ0) is 13.3. The minimum atomic E-state index is -0.801. The molecule has 18 heavy (non-hydrogen) atoms. The number of rotatable bonds is 3. The van der Waals surface area contributed by atoms with Gasteiger partial charge in [0, 0.05) is 18.2 Å². The highest BCUT2D eigenvalue weighted by Crippen LogP contribution is 2.40. The van der Waals surface area contributed by atoms with E-state index in [0.29, 0.717) is 18.7 Å². The molecule has 2 rings (SSSR count). The molecule has 0 aliphatic carbocycles. The second-order valence-corrected chi connectivity index (χ2v) is 4.58. The molecule has 1 fully saturated rings. The van der Waals surface area contributed by atoms with Crippen LogP contribution < -0.4 is 10.1 Å². The Hall–Kier alpha value is -1.75. The normalized spacial score (nSPS) is 23.0. The number of carboxylic acid groups (broad SMARTS) is 1. The van der Waals surface area contributed by atoms with Crippen molar-refractivity contribution >= 4 is 5.97 Å². The van der Waals surface area contributed by atoms with Crippen molar-refractivity contribution in [3.63, 3.8) is 0 Å². The van der Waals surface area contributed by atoms with Crippen LogP contribution in [0.4, 0.5) is 0 Å². The zero-order valence-electron chi connectivity index (χ0n) is 10.4. The first-order valence-corrected chi connectivity index (χ1v) is 5.87. The second kappa shape index (κ2) is 4.86. The Bertz CT molecular complexity index is 472. The molecule has 2 atom stereocenters. The van der Waals surface area contributed by atoms with Crippen molar-refractivity contribution in [2.75, 3.05) is 13.7 Å². The van der Waals surface area contributed by atoms with Gasteiger partial charge in [-0.3, -0.25) is 4.79 Å². The molecule has 3 N–H and O–H groups in total. The van der Waals surface area contributed by atoms with Gasteiger partial charge in [-0.15, -0.1) is 0 Å². The van der Waals surface area contributed by atoms with E-state index >= 15 is 0 Å². The van der Waals surface area contributed by atoms with Crippen LogP contribution in [0.2, 0.25) is 0 Å². The average Bonchev–Trinajstić information content (AvgIpc) is 2.79. The third kappa shape index (κ3) is 2.13.